The van der Waals surface area contributed by atoms with Crippen molar-refractivity contribution in [1.82, 2.24) is 4.98 Å². The van der Waals surface area contributed by atoms with Crippen LogP contribution in [0.15, 0.2) is 18.5 Å². The second kappa shape index (κ2) is 6.40. The number of aliphatic hydroxyl groups is 1. The van der Waals surface area contributed by atoms with Crippen LogP contribution >= 0.6 is 0 Å². The first-order valence-electron chi connectivity index (χ1n) is 5.54. The highest BCUT2D eigenvalue weighted by Gasteiger charge is 2.05. The number of hydrogen-bond donors (Lipinski definition) is 1. The summed E-state index contributed by atoms with van der Waals surface area (Å²) < 4.78 is 0. The van der Waals surface area contributed by atoms with Gasteiger partial charge in [0.05, 0.1) is 6.61 Å². The van der Waals surface area contributed by atoms with Crippen molar-refractivity contribution in [3.05, 3.63) is 24.0 Å². The molecular weight excluding hydrogens is 188 g/mol. The standard InChI is InChI=1S/C12H20N2O/c1-3-4-5-8-14(2)12-6-7-13-9-11(12)10-15/h6-7,9,15H,3-5,8,10H2,1-2H3. The van der Waals surface area contributed by atoms with Gasteiger partial charge in [0.2, 0.25) is 0 Å². The molecule has 3 nitrogen and oxygen atoms in total. The molecule has 0 radical (unpaired) electrons. The summed E-state index contributed by atoms with van der Waals surface area (Å²) in [6.45, 7) is 3.29. The summed E-state index contributed by atoms with van der Waals surface area (Å²) in [7, 11) is 2.06. The molecular formula is C12H20N2O. The van der Waals surface area contributed by atoms with Crippen molar-refractivity contribution in [2.24, 2.45) is 0 Å². The van der Waals surface area contributed by atoms with Crippen molar-refractivity contribution in [3.63, 3.8) is 0 Å². The van der Waals surface area contributed by atoms with E-state index in [2.05, 4.69) is 23.9 Å². The molecule has 1 aromatic heterocycles. The molecule has 0 spiro atoms. The van der Waals surface area contributed by atoms with Crippen LogP contribution in [-0.4, -0.2) is 23.7 Å². The predicted octanol–water partition coefficient (Wildman–Crippen LogP) is 2.20. The van der Waals surface area contributed by atoms with Gasteiger partial charge in [-0.05, 0) is 12.5 Å². The van der Waals surface area contributed by atoms with Gasteiger partial charge in [-0.1, -0.05) is 19.8 Å². The molecule has 0 unspecified atom stereocenters. The summed E-state index contributed by atoms with van der Waals surface area (Å²) in [6.07, 6.45) is 7.18. The Morgan fingerprint density at radius 1 is 1.40 bits per heavy atom. The molecule has 0 aliphatic carbocycles. The molecule has 0 saturated carbocycles. The topological polar surface area (TPSA) is 36.4 Å². The van der Waals surface area contributed by atoms with Gasteiger partial charge in [0.25, 0.3) is 0 Å². The molecule has 1 aromatic rings. The molecule has 15 heavy (non-hydrogen) atoms. The van der Waals surface area contributed by atoms with E-state index in [4.69, 9.17) is 0 Å². The van der Waals surface area contributed by atoms with E-state index in [0.717, 1.165) is 17.8 Å². The molecule has 84 valence electrons. The molecule has 0 aliphatic rings. The number of pyridine rings is 1. The lowest BCUT2D eigenvalue weighted by Gasteiger charge is -2.21. The average molecular weight is 208 g/mol. The minimum absolute atomic E-state index is 0.0568. The van der Waals surface area contributed by atoms with E-state index in [1.807, 2.05) is 6.07 Å². The second-order valence-corrected chi connectivity index (χ2v) is 3.79. The van der Waals surface area contributed by atoms with Crippen LogP contribution in [0.5, 0.6) is 0 Å². The highest BCUT2D eigenvalue weighted by Crippen LogP contribution is 2.18. The van der Waals surface area contributed by atoms with E-state index < -0.39 is 0 Å². The lowest BCUT2D eigenvalue weighted by Crippen LogP contribution is -2.20. The molecule has 1 heterocycles. The van der Waals surface area contributed by atoms with Crippen molar-refractivity contribution in [2.75, 3.05) is 18.5 Å². The summed E-state index contributed by atoms with van der Waals surface area (Å²) in [4.78, 5) is 6.19. The third-order valence-electron chi connectivity index (χ3n) is 2.56. The fraction of sp³-hybridized carbons (Fsp3) is 0.583. The SMILES string of the molecule is CCCCCN(C)c1ccncc1CO. The van der Waals surface area contributed by atoms with Gasteiger partial charge in [0, 0.05) is 37.2 Å². The Bertz CT molecular complexity index is 289. The minimum Gasteiger partial charge on any atom is -0.392 e. The first-order valence-corrected chi connectivity index (χ1v) is 5.54. The van der Waals surface area contributed by atoms with Crippen molar-refractivity contribution < 1.29 is 5.11 Å². The van der Waals surface area contributed by atoms with E-state index in [1.54, 1.807) is 12.4 Å². The number of nitrogens with zero attached hydrogens (tertiary/aromatic N) is 2. The van der Waals surface area contributed by atoms with E-state index in [9.17, 15) is 5.11 Å². The highest BCUT2D eigenvalue weighted by atomic mass is 16.3. The van der Waals surface area contributed by atoms with Gasteiger partial charge in [-0.25, -0.2) is 0 Å². The average Bonchev–Trinajstić information content (AvgIpc) is 2.29. The summed E-state index contributed by atoms with van der Waals surface area (Å²) in [6, 6.07) is 1.96. The van der Waals surface area contributed by atoms with Crippen LogP contribution in [0, 0.1) is 0 Å². The Balaban J connectivity index is 2.59. The normalized spacial score (nSPS) is 10.3. The maximum atomic E-state index is 9.17. The molecule has 0 fully saturated rings. The lowest BCUT2D eigenvalue weighted by atomic mass is 10.2. The molecule has 1 N–H and O–H groups in total. The lowest BCUT2D eigenvalue weighted by molar-refractivity contribution is 0.281. The number of aromatic nitrogens is 1. The Morgan fingerprint density at radius 3 is 2.87 bits per heavy atom. The Morgan fingerprint density at radius 2 is 2.20 bits per heavy atom. The highest BCUT2D eigenvalue weighted by molar-refractivity contribution is 5.51. The number of aliphatic hydroxyl groups excluding tert-OH is 1. The van der Waals surface area contributed by atoms with Crippen molar-refractivity contribution >= 4 is 5.69 Å². The Kier molecular flexibility index (Phi) is 5.12. The van der Waals surface area contributed by atoms with Gasteiger partial charge in [-0.3, -0.25) is 4.98 Å². The zero-order valence-electron chi connectivity index (χ0n) is 9.61. The van der Waals surface area contributed by atoms with Crippen molar-refractivity contribution in [3.8, 4) is 0 Å². The molecule has 0 aliphatic heterocycles. The number of anilines is 1. The van der Waals surface area contributed by atoms with Gasteiger partial charge in [0.15, 0.2) is 0 Å². The fourth-order valence-electron chi connectivity index (χ4n) is 1.63. The van der Waals surface area contributed by atoms with Crippen LogP contribution in [0.3, 0.4) is 0 Å². The van der Waals surface area contributed by atoms with Gasteiger partial charge < -0.3 is 10.0 Å². The largest absolute Gasteiger partial charge is 0.392 e. The smallest absolute Gasteiger partial charge is 0.0717 e. The zero-order valence-corrected chi connectivity index (χ0v) is 9.61. The second-order valence-electron chi connectivity index (χ2n) is 3.79. The van der Waals surface area contributed by atoms with Gasteiger partial charge in [-0.15, -0.1) is 0 Å². The van der Waals surface area contributed by atoms with Gasteiger partial charge >= 0.3 is 0 Å². The monoisotopic (exact) mass is 208 g/mol. The van der Waals surface area contributed by atoms with Crippen LogP contribution < -0.4 is 4.90 Å². The minimum atomic E-state index is 0.0568. The molecule has 0 amide bonds. The van der Waals surface area contributed by atoms with Crippen LogP contribution in [0.1, 0.15) is 31.7 Å². The van der Waals surface area contributed by atoms with Crippen LogP contribution in [0.25, 0.3) is 0 Å². The van der Waals surface area contributed by atoms with E-state index >= 15 is 0 Å². The molecule has 0 saturated heterocycles. The van der Waals surface area contributed by atoms with Crippen molar-refractivity contribution in [1.29, 1.82) is 0 Å². The maximum Gasteiger partial charge on any atom is 0.0717 e. The van der Waals surface area contributed by atoms with E-state index in [1.165, 1.54) is 19.3 Å². The maximum absolute atomic E-state index is 9.17. The first-order chi connectivity index (χ1) is 7.29. The zero-order chi connectivity index (χ0) is 11.1. The number of hydrogen-bond acceptors (Lipinski definition) is 3. The third kappa shape index (κ3) is 3.51. The first kappa shape index (κ1) is 12.0. The summed E-state index contributed by atoms with van der Waals surface area (Å²) in [5.41, 5.74) is 1.99. The van der Waals surface area contributed by atoms with Crippen LogP contribution in [0.4, 0.5) is 5.69 Å². The predicted molar refractivity (Wildman–Crippen MR) is 63.0 cm³/mol. The quantitative estimate of drug-likeness (QED) is 0.728. The molecule has 0 bridgehead atoms. The Labute approximate surface area is 91.8 Å². The molecule has 0 aromatic carbocycles. The van der Waals surface area contributed by atoms with E-state index in [0.29, 0.717) is 0 Å². The third-order valence-corrected chi connectivity index (χ3v) is 2.56. The van der Waals surface area contributed by atoms with Crippen LogP contribution in [-0.2, 0) is 6.61 Å². The number of rotatable bonds is 6. The number of unbranched alkanes of at least 4 members (excludes halogenated alkanes) is 2. The van der Waals surface area contributed by atoms with E-state index in [-0.39, 0.29) is 6.61 Å². The Hall–Kier alpha value is -1.09. The van der Waals surface area contributed by atoms with Crippen molar-refractivity contribution in [2.45, 2.75) is 32.8 Å². The van der Waals surface area contributed by atoms with Gasteiger partial charge in [0.1, 0.15) is 0 Å². The van der Waals surface area contributed by atoms with Gasteiger partial charge in [-0.2, -0.15) is 0 Å². The molecule has 0 atom stereocenters. The molecule has 1 rings (SSSR count). The summed E-state index contributed by atoms with van der Waals surface area (Å²) in [5, 5.41) is 9.17. The molecule has 3 heteroatoms. The van der Waals surface area contributed by atoms with Crippen LogP contribution in [0.2, 0.25) is 0 Å². The summed E-state index contributed by atoms with van der Waals surface area (Å²) in [5.74, 6) is 0. The summed E-state index contributed by atoms with van der Waals surface area (Å²) >= 11 is 0. The fourth-order valence-corrected chi connectivity index (χ4v) is 1.63.